The number of hydrogen-bond acceptors (Lipinski definition) is 5. The van der Waals surface area contributed by atoms with Crippen LogP contribution in [0.5, 0.6) is 0 Å². The molecule has 1 aromatic rings. The molecule has 152 valence electrons. The van der Waals surface area contributed by atoms with Crippen LogP contribution in [0.25, 0.3) is 0 Å². The second kappa shape index (κ2) is 9.97. The van der Waals surface area contributed by atoms with Crippen molar-refractivity contribution in [1.29, 1.82) is 0 Å². The highest BCUT2D eigenvalue weighted by molar-refractivity contribution is 6.36. The highest BCUT2D eigenvalue weighted by atomic mass is 35.5. The van der Waals surface area contributed by atoms with Crippen LogP contribution < -0.4 is 10.6 Å². The Hall–Kier alpha value is -1.01. The first kappa shape index (κ1) is 22.3. The zero-order valence-corrected chi connectivity index (χ0v) is 18.7. The van der Waals surface area contributed by atoms with Crippen molar-refractivity contribution in [2.24, 2.45) is 4.99 Å². The summed E-state index contributed by atoms with van der Waals surface area (Å²) in [6, 6.07) is 5.51. The Kier molecular flexibility index (Phi) is 8.22. The van der Waals surface area contributed by atoms with Gasteiger partial charge in [-0.25, -0.2) is 4.99 Å². The predicted octanol–water partition coefficient (Wildman–Crippen LogP) is 3.98. The van der Waals surface area contributed by atoms with E-state index in [1.807, 2.05) is 18.2 Å². The molecule has 2 N–H and O–H groups in total. The summed E-state index contributed by atoms with van der Waals surface area (Å²) in [6.07, 6.45) is 0. The van der Waals surface area contributed by atoms with Crippen LogP contribution in [0.3, 0.4) is 0 Å². The number of guanidine groups is 1. The average molecular weight is 414 g/mol. The van der Waals surface area contributed by atoms with E-state index in [1.165, 1.54) is 0 Å². The third-order valence-corrected chi connectivity index (χ3v) is 6.01. The number of hydrogen-bond donors (Lipinski definition) is 2. The molecule has 0 fully saturated rings. The van der Waals surface area contributed by atoms with Gasteiger partial charge in [0.15, 0.2) is 5.96 Å². The minimum absolute atomic E-state index is 0.0805. The molecule has 27 heavy (non-hydrogen) atoms. The van der Waals surface area contributed by atoms with Crippen molar-refractivity contribution in [3.05, 3.63) is 33.8 Å². The SMILES string of the molecule is CCN(CC)CC(C)(NC1=NC(c2c(Cl)cccc2Cl)CN1)N(CC)CC. The van der Waals surface area contributed by atoms with E-state index in [2.05, 4.69) is 55.1 Å². The summed E-state index contributed by atoms with van der Waals surface area (Å²) in [4.78, 5) is 9.72. The minimum Gasteiger partial charge on any atom is -0.354 e. The maximum absolute atomic E-state index is 6.38. The van der Waals surface area contributed by atoms with Gasteiger partial charge in [-0.3, -0.25) is 4.90 Å². The number of nitrogens with one attached hydrogen (secondary N) is 2. The van der Waals surface area contributed by atoms with Gasteiger partial charge in [0, 0.05) is 28.7 Å². The van der Waals surface area contributed by atoms with Crippen LogP contribution in [0, 0.1) is 0 Å². The van der Waals surface area contributed by atoms with Gasteiger partial charge in [-0.2, -0.15) is 0 Å². The third kappa shape index (κ3) is 5.29. The zero-order valence-electron chi connectivity index (χ0n) is 17.1. The molecule has 0 aromatic heterocycles. The van der Waals surface area contributed by atoms with Gasteiger partial charge in [0.05, 0.1) is 6.04 Å². The number of aliphatic imine (C=N–C) groups is 1. The molecule has 5 nitrogen and oxygen atoms in total. The van der Waals surface area contributed by atoms with Crippen LogP contribution >= 0.6 is 23.2 Å². The molecule has 0 radical (unpaired) electrons. The van der Waals surface area contributed by atoms with Crippen LogP contribution in [-0.4, -0.2) is 60.7 Å². The Morgan fingerprint density at radius 1 is 1.11 bits per heavy atom. The summed E-state index contributed by atoms with van der Waals surface area (Å²) >= 11 is 12.8. The Balaban J connectivity index is 2.24. The molecule has 0 amide bonds. The van der Waals surface area contributed by atoms with E-state index < -0.39 is 0 Å². The monoisotopic (exact) mass is 413 g/mol. The Morgan fingerprint density at radius 2 is 1.70 bits per heavy atom. The van der Waals surface area contributed by atoms with Crippen molar-refractivity contribution in [2.45, 2.75) is 46.3 Å². The lowest BCUT2D eigenvalue weighted by Crippen LogP contribution is -2.65. The van der Waals surface area contributed by atoms with Crippen LogP contribution in [0.4, 0.5) is 0 Å². The third-order valence-electron chi connectivity index (χ3n) is 5.36. The van der Waals surface area contributed by atoms with Crippen molar-refractivity contribution in [3.8, 4) is 0 Å². The molecule has 1 aliphatic heterocycles. The molecule has 2 rings (SSSR count). The van der Waals surface area contributed by atoms with E-state index in [0.29, 0.717) is 16.6 Å². The molecule has 7 heteroatoms. The first-order chi connectivity index (χ1) is 12.9. The molecule has 2 atom stereocenters. The second-order valence-electron chi connectivity index (χ2n) is 7.04. The van der Waals surface area contributed by atoms with Gasteiger partial charge in [-0.1, -0.05) is 57.0 Å². The van der Waals surface area contributed by atoms with Crippen molar-refractivity contribution >= 4 is 29.2 Å². The summed E-state index contributed by atoms with van der Waals surface area (Å²) in [5.41, 5.74) is 0.666. The van der Waals surface area contributed by atoms with Gasteiger partial charge in [0.25, 0.3) is 0 Å². The molecule has 0 spiro atoms. The van der Waals surface area contributed by atoms with Gasteiger partial charge in [0.1, 0.15) is 5.66 Å². The zero-order chi connectivity index (χ0) is 20.0. The summed E-state index contributed by atoms with van der Waals surface area (Å²) in [5.74, 6) is 0.803. The lowest BCUT2D eigenvalue weighted by molar-refractivity contribution is 0.0591. The van der Waals surface area contributed by atoms with Crippen molar-refractivity contribution < 1.29 is 0 Å². The lowest BCUT2D eigenvalue weighted by atomic mass is 10.1. The number of rotatable bonds is 9. The molecular weight excluding hydrogens is 381 g/mol. The molecular formula is C20H33Cl2N5. The number of likely N-dealkylation sites (N-methyl/N-ethyl adjacent to an activating group) is 2. The highest BCUT2D eigenvalue weighted by Gasteiger charge is 2.34. The van der Waals surface area contributed by atoms with Gasteiger partial charge in [-0.05, 0) is 45.2 Å². The summed E-state index contributed by atoms with van der Waals surface area (Å²) in [7, 11) is 0. The van der Waals surface area contributed by atoms with Crippen LogP contribution in [-0.2, 0) is 0 Å². The van der Waals surface area contributed by atoms with Crippen molar-refractivity contribution in [3.63, 3.8) is 0 Å². The van der Waals surface area contributed by atoms with Gasteiger partial charge in [0.2, 0.25) is 0 Å². The first-order valence-electron chi connectivity index (χ1n) is 9.89. The Morgan fingerprint density at radius 3 is 2.22 bits per heavy atom. The van der Waals surface area contributed by atoms with Crippen LogP contribution in [0.1, 0.15) is 46.2 Å². The van der Waals surface area contributed by atoms with Gasteiger partial charge >= 0.3 is 0 Å². The largest absolute Gasteiger partial charge is 0.354 e. The second-order valence-corrected chi connectivity index (χ2v) is 7.86. The number of nitrogens with zero attached hydrogens (tertiary/aromatic N) is 3. The van der Waals surface area contributed by atoms with Crippen LogP contribution in [0.2, 0.25) is 10.0 Å². The smallest absolute Gasteiger partial charge is 0.193 e. The first-order valence-corrected chi connectivity index (χ1v) is 10.6. The normalized spacial score (nSPS) is 19.1. The van der Waals surface area contributed by atoms with Crippen molar-refractivity contribution in [2.75, 3.05) is 39.3 Å². The van der Waals surface area contributed by atoms with E-state index in [1.54, 1.807) is 0 Å². The fourth-order valence-corrected chi connectivity index (χ4v) is 4.44. The number of halogens is 2. The predicted molar refractivity (Wildman–Crippen MR) is 117 cm³/mol. The quantitative estimate of drug-likeness (QED) is 0.600. The van der Waals surface area contributed by atoms with E-state index >= 15 is 0 Å². The molecule has 1 heterocycles. The molecule has 2 unspecified atom stereocenters. The molecule has 0 saturated heterocycles. The maximum atomic E-state index is 6.38. The lowest BCUT2D eigenvalue weighted by Gasteiger charge is -2.44. The summed E-state index contributed by atoms with van der Waals surface area (Å²) in [5, 5.41) is 8.40. The van der Waals surface area contributed by atoms with E-state index in [9.17, 15) is 0 Å². The minimum atomic E-state index is -0.222. The standard InChI is InChI=1S/C20H33Cl2N5/c1-6-26(7-2)14-20(5,27(8-3)9-4)25-19-23-13-17(24-19)18-15(21)11-10-12-16(18)22/h10-12,17H,6-9,13-14H2,1-5H3,(H2,23,24,25). The van der Waals surface area contributed by atoms with E-state index in [-0.39, 0.29) is 11.7 Å². The molecule has 0 aliphatic carbocycles. The van der Waals surface area contributed by atoms with Gasteiger partial charge in [-0.15, -0.1) is 0 Å². The maximum Gasteiger partial charge on any atom is 0.193 e. The van der Waals surface area contributed by atoms with Gasteiger partial charge < -0.3 is 15.5 Å². The molecule has 1 aliphatic rings. The van der Waals surface area contributed by atoms with Crippen molar-refractivity contribution in [1.82, 2.24) is 20.4 Å². The summed E-state index contributed by atoms with van der Waals surface area (Å²) in [6.45, 7) is 16.6. The number of benzene rings is 1. The van der Waals surface area contributed by atoms with E-state index in [4.69, 9.17) is 28.2 Å². The Labute approximate surface area is 174 Å². The average Bonchev–Trinajstić information content (AvgIpc) is 3.08. The molecule has 0 saturated carbocycles. The topological polar surface area (TPSA) is 42.9 Å². The summed E-state index contributed by atoms with van der Waals surface area (Å²) < 4.78 is 0. The fraction of sp³-hybridized carbons (Fsp3) is 0.650. The molecule has 1 aromatic carbocycles. The highest BCUT2D eigenvalue weighted by Crippen LogP contribution is 2.33. The molecule has 0 bridgehead atoms. The van der Waals surface area contributed by atoms with E-state index in [0.717, 1.165) is 44.2 Å². The van der Waals surface area contributed by atoms with Crippen LogP contribution in [0.15, 0.2) is 23.2 Å². The Bertz CT molecular complexity index is 623. The fourth-order valence-electron chi connectivity index (χ4n) is 3.79.